The van der Waals surface area contributed by atoms with Crippen LogP contribution in [0, 0.1) is 0 Å². The summed E-state index contributed by atoms with van der Waals surface area (Å²) < 4.78 is 0. The lowest BCUT2D eigenvalue weighted by molar-refractivity contribution is 0.414. The summed E-state index contributed by atoms with van der Waals surface area (Å²) in [6.45, 7) is 9.30. The molecule has 0 aliphatic heterocycles. The lowest BCUT2D eigenvalue weighted by atomic mass is 10.3. The molecule has 0 amide bonds. The van der Waals surface area contributed by atoms with Crippen LogP contribution in [0.1, 0.15) is 27.7 Å². The highest BCUT2D eigenvalue weighted by Gasteiger charge is 2.02. The molecule has 0 aliphatic rings. The predicted octanol–water partition coefficient (Wildman–Crippen LogP) is 1.76. The second-order valence-electron chi connectivity index (χ2n) is 2.73. The highest BCUT2D eigenvalue weighted by molar-refractivity contribution is 5.79. The Morgan fingerprint density at radius 3 is 2.30 bits per heavy atom. The van der Waals surface area contributed by atoms with Crippen LogP contribution < -0.4 is 0 Å². The van der Waals surface area contributed by atoms with E-state index in [9.17, 15) is 0 Å². The zero-order chi connectivity index (χ0) is 8.15. The van der Waals surface area contributed by atoms with E-state index in [0.717, 1.165) is 12.4 Å². The third-order valence-electron chi connectivity index (χ3n) is 1.67. The monoisotopic (exact) mass is 142 g/mol. The number of rotatable bonds is 2. The summed E-state index contributed by atoms with van der Waals surface area (Å²) in [4.78, 5) is 6.46. The van der Waals surface area contributed by atoms with E-state index in [1.165, 1.54) is 0 Å². The molecule has 0 N–H and O–H groups in total. The van der Waals surface area contributed by atoms with Gasteiger partial charge in [0.25, 0.3) is 0 Å². The minimum atomic E-state index is 0.551. The van der Waals surface area contributed by atoms with Gasteiger partial charge in [-0.05, 0) is 27.7 Å². The van der Waals surface area contributed by atoms with Crippen molar-refractivity contribution in [3.8, 4) is 0 Å². The Labute approximate surface area is 63.9 Å². The van der Waals surface area contributed by atoms with Gasteiger partial charge < -0.3 is 4.90 Å². The molecule has 0 saturated heterocycles. The van der Waals surface area contributed by atoms with Gasteiger partial charge in [0.2, 0.25) is 0 Å². The molecule has 0 bridgehead atoms. The number of nitrogens with zero attached hydrogens (tertiary/aromatic N) is 2. The van der Waals surface area contributed by atoms with E-state index in [1.807, 2.05) is 6.92 Å². The second-order valence-corrected chi connectivity index (χ2v) is 2.73. The molecule has 0 aromatic rings. The average molecular weight is 142 g/mol. The fourth-order valence-corrected chi connectivity index (χ4v) is 0.714. The maximum atomic E-state index is 4.29. The Kier molecular flexibility index (Phi) is 4.08. The van der Waals surface area contributed by atoms with Gasteiger partial charge >= 0.3 is 0 Å². The molecule has 0 atom stereocenters. The second kappa shape index (κ2) is 4.31. The lowest BCUT2D eigenvalue weighted by Gasteiger charge is -2.22. The van der Waals surface area contributed by atoms with Gasteiger partial charge in [0.15, 0.2) is 0 Å². The third-order valence-corrected chi connectivity index (χ3v) is 1.67. The SMILES string of the molecule is CCN=C(C)N(C)C(C)C. The summed E-state index contributed by atoms with van der Waals surface area (Å²) in [5.41, 5.74) is 0. The van der Waals surface area contributed by atoms with Crippen molar-refractivity contribution in [1.29, 1.82) is 0 Å². The quantitative estimate of drug-likeness (QED) is 0.424. The van der Waals surface area contributed by atoms with Gasteiger partial charge in [0.1, 0.15) is 0 Å². The molecule has 0 unspecified atom stereocenters. The van der Waals surface area contributed by atoms with Gasteiger partial charge in [-0.1, -0.05) is 0 Å². The Bertz CT molecular complexity index is 116. The number of hydrogen-bond donors (Lipinski definition) is 0. The van der Waals surface area contributed by atoms with Gasteiger partial charge in [-0.3, -0.25) is 4.99 Å². The van der Waals surface area contributed by atoms with E-state index in [-0.39, 0.29) is 0 Å². The van der Waals surface area contributed by atoms with Crippen molar-refractivity contribution in [2.75, 3.05) is 13.6 Å². The summed E-state index contributed by atoms with van der Waals surface area (Å²) in [6, 6.07) is 0.551. The first kappa shape index (κ1) is 9.47. The molecule has 10 heavy (non-hydrogen) atoms. The van der Waals surface area contributed by atoms with Crippen LogP contribution in [0.3, 0.4) is 0 Å². The Morgan fingerprint density at radius 2 is 2.00 bits per heavy atom. The van der Waals surface area contributed by atoms with Crippen LogP contribution in [0.5, 0.6) is 0 Å². The van der Waals surface area contributed by atoms with Crippen LogP contribution in [0.15, 0.2) is 4.99 Å². The van der Waals surface area contributed by atoms with Gasteiger partial charge in [0, 0.05) is 19.6 Å². The topological polar surface area (TPSA) is 15.6 Å². The fraction of sp³-hybridized carbons (Fsp3) is 0.875. The molecule has 0 fully saturated rings. The Morgan fingerprint density at radius 1 is 1.50 bits per heavy atom. The third kappa shape index (κ3) is 2.85. The van der Waals surface area contributed by atoms with E-state index < -0.39 is 0 Å². The average Bonchev–Trinajstić information content (AvgIpc) is 1.87. The lowest BCUT2D eigenvalue weighted by Crippen LogP contribution is -2.31. The minimum absolute atomic E-state index is 0.551. The standard InChI is InChI=1S/C8H18N2/c1-6-9-8(4)10(5)7(2)3/h7H,6H2,1-5H3. The first-order chi connectivity index (χ1) is 4.59. The molecule has 0 radical (unpaired) electrons. The molecule has 0 spiro atoms. The van der Waals surface area contributed by atoms with Gasteiger partial charge in [0.05, 0.1) is 5.84 Å². The van der Waals surface area contributed by atoms with E-state index in [2.05, 4.69) is 37.7 Å². The molecule has 0 aliphatic carbocycles. The summed E-state index contributed by atoms with van der Waals surface area (Å²) in [5.74, 6) is 1.12. The summed E-state index contributed by atoms with van der Waals surface area (Å²) in [5, 5.41) is 0. The maximum absolute atomic E-state index is 4.29. The van der Waals surface area contributed by atoms with Gasteiger partial charge in [-0.25, -0.2) is 0 Å². The fourth-order valence-electron chi connectivity index (χ4n) is 0.714. The zero-order valence-corrected chi connectivity index (χ0v) is 7.68. The van der Waals surface area contributed by atoms with Crippen LogP contribution in [-0.4, -0.2) is 30.4 Å². The predicted molar refractivity (Wildman–Crippen MR) is 46.5 cm³/mol. The van der Waals surface area contributed by atoms with Crippen molar-refractivity contribution < 1.29 is 0 Å². The molecule has 0 saturated carbocycles. The highest BCUT2D eigenvalue weighted by atomic mass is 15.2. The van der Waals surface area contributed by atoms with Crippen LogP contribution in [0.25, 0.3) is 0 Å². The minimum Gasteiger partial charge on any atom is -0.361 e. The van der Waals surface area contributed by atoms with Crippen molar-refractivity contribution in [2.24, 2.45) is 4.99 Å². The van der Waals surface area contributed by atoms with E-state index >= 15 is 0 Å². The van der Waals surface area contributed by atoms with E-state index in [1.54, 1.807) is 0 Å². The summed E-state index contributed by atoms with van der Waals surface area (Å²) >= 11 is 0. The van der Waals surface area contributed by atoms with Crippen LogP contribution in [0.2, 0.25) is 0 Å². The molecule has 0 heterocycles. The smallest absolute Gasteiger partial charge is 0.0957 e. The van der Waals surface area contributed by atoms with Gasteiger partial charge in [-0.15, -0.1) is 0 Å². The van der Waals surface area contributed by atoms with Crippen molar-refractivity contribution in [3.05, 3.63) is 0 Å². The van der Waals surface area contributed by atoms with Crippen LogP contribution in [0.4, 0.5) is 0 Å². The molecule has 60 valence electrons. The van der Waals surface area contributed by atoms with Crippen LogP contribution in [-0.2, 0) is 0 Å². The first-order valence-electron chi connectivity index (χ1n) is 3.83. The molecule has 0 aromatic carbocycles. The molecule has 0 rings (SSSR count). The first-order valence-corrected chi connectivity index (χ1v) is 3.83. The van der Waals surface area contributed by atoms with E-state index in [4.69, 9.17) is 0 Å². The normalized spacial score (nSPS) is 12.4. The largest absolute Gasteiger partial charge is 0.361 e. The van der Waals surface area contributed by atoms with Crippen molar-refractivity contribution in [3.63, 3.8) is 0 Å². The summed E-state index contributed by atoms with van der Waals surface area (Å²) in [7, 11) is 2.07. The Hall–Kier alpha value is -0.530. The number of hydrogen-bond acceptors (Lipinski definition) is 1. The molecule has 2 nitrogen and oxygen atoms in total. The van der Waals surface area contributed by atoms with Gasteiger partial charge in [-0.2, -0.15) is 0 Å². The molecular formula is C8H18N2. The molecule has 2 heteroatoms. The number of amidine groups is 1. The van der Waals surface area contributed by atoms with Crippen molar-refractivity contribution in [1.82, 2.24) is 4.90 Å². The molecular weight excluding hydrogens is 124 g/mol. The van der Waals surface area contributed by atoms with Crippen molar-refractivity contribution in [2.45, 2.75) is 33.7 Å². The van der Waals surface area contributed by atoms with E-state index in [0.29, 0.717) is 6.04 Å². The van der Waals surface area contributed by atoms with Crippen molar-refractivity contribution >= 4 is 5.84 Å². The maximum Gasteiger partial charge on any atom is 0.0957 e. The summed E-state index contributed by atoms with van der Waals surface area (Å²) in [6.07, 6.45) is 0. The number of aliphatic imine (C=N–C) groups is 1. The molecule has 0 aromatic heterocycles. The van der Waals surface area contributed by atoms with Crippen LogP contribution >= 0.6 is 0 Å². The highest BCUT2D eigenvalue weighted by Crippen LogP contribution is 1.94. The Balaban J connectivity index is 3.93. The zero-order valence-electron chi connectivity index (χ0n) is 7.68.